The summed E-state index contributed by atoms with van der Waals surface area (Å²) < 4.78 is 0. The van der Waals surface area contributed by atoms with Gasteiger partial charge in [0.05, 0.1) is 23.8 Å². The first-order chi connectivity index (χ1) is 8.47. The number of nitriles is 1. The number of carboxylic acid groups (broad SMARTS) is 1. The lowest BCUT2D eigenvalue weighted by molar-refractivity contribution is -0.151. The summed E-state index contributed by atoms with van der Waals surface area (Å²) in [6.07, 6.45) is 3.00. The summed E-state index contributed by atoms with van der Waals surface area (Å²) in [6, 6.07) is 2.08. The van der Waals surface area contributed by atoms with Crippen LogP contribution in [0.4, 0.5) is 0 Å². The van der Waals surface area contributed by atoms with Crippen molar-refractivity contribution in [3.8, 4) is 6.07 Å². The average Bonchev–Trinajstić information content (AvgIpc) is 2.37. The van der Waals surface area contributed by atoms with Gasteiger partial charge in [0.2, 0.25) is 5.91 Å². The largest absolute Gasteiger partial charge is 0.481 e. The number of aliphatic carboxylic acids is 1. The zero-order valence-electron chi connectivity index (χ0n) is 10.9. The fraction of sp³-hybridized carbons (Fsp3) is 0.769. The Morgan fingerprint density at radius 3 is 2.44 bits per heavy atom. The lowest BCUT2D eigenvalue weighted by Gasteiger charge is -2.31. The molecular weight excluding hydrogens is 232 g/mol. The fourth-order valence-electron chi connectivity index (χ4n) is 2.55. The van der Waals surface area contributed by atoms with Crippen LogP contribution in [0.25, 0.3) is 0 Å². The van der Waals surface area contributed by atoms with Crippen molar-refractivity contribution in [1.82, 2.24) is 4.90 Å². The fourth-order valence-corrected chi connectivity index (χ4v) is 2.55. The molecule has 1 amide bonds. The first kappa shape index (κ1) is 14.5. The first-order valence-electron chi connectivity index (χ1n) is 6.34. The molecule has 1 aliphatic rings. The number of hydrogen-bond donors (Lipinski definition) is 1. The zero-order chi connectivity index (χ0) is 13.7. The van der Waals surface area contributed by atoms with Crippen LogP contribution in [0, 0.1) is 29.1 Å². The summed E-state index contributed by atoms with van der Waals surface area (Å²) in [5.74, 6) is -2.23. The monoisotopic (exact) mass is 252 g/mol. The van der Waals surface area contributed by atoms with E-state index >= 15 is 0 Å². The van der Waals surface area contributed by atoms with E-state index < -0.39 is 17.8 Å². The van der Waals surface area contributed by atoms with Gasteiger partial charge in [0.25, 0.3) is 0 Å². The summed E-state index contributed by atoms with van der Waals surface area (Å²) in [6.45, 7) is 2.11. The van der Waals surface area contributed by atoms with Gasteiger partial charge in [-0.15, -0.1) is 0 Å². The number of amides is 1. The van der Waals surface area contributed by atoms with Gasteiger partial charge in [-0.25, -0.2) is 0 Å². The molecule has 0 saturated heterocycles. The maximum atomic E-state index is 12.2. The minimum atomic E-state index is -0.880. The van der Waals surface area contributed by atoms with Gasteiger partial charge in [-0.05, 0) is 19.8 Å². The van der Waals surface area contributed by atoms with E-state index in [1.54, 1.807) is 14.0 Å². The van der Waals surface area contributed by atoms with E-state index in [-0.39, 0.29) is 11.8 Å². The van der Waals surface area contributed by atoms with E-state index in [4.69, 9.17) is 10.4 Å². The molecule has 0 aromatic heterocycles. The second kappa shape index (κ2) is 6.39. The van der Waals surface area contributed by atoms with E-state index in [1.165, 1.54) is 4.90 Å². The summed E-state index contributed by atoms with van der Waals surface area (Å²) in [5, 5.41) is 17.9. The molecule has 0 aromatic carbocycles. The highest BCUT2D eigenvalue weighted by molar-refractivity contribution is 5.84. The second-order valence-corrected chi connectivity index (χ2v) is 5.08. The zero-order valence-corrected chi connectivity index (χ0v) is 10.9. The SMILES string of the molecule is CC(C#N)CN(C)C(=O)C1CCCCC1C(=O)O. The van der Waals surface area contributed by atoms with Gasteiger partial charge in [0.15, 0.2) is 0 Å². The molecule has 5 nitrogen and oxygen atoms in total. The van der Waals surface area contributed by atoms with E-state index in [0.717, 1.165) is 12.8 Å². The Bertz CT molecular complexity index is 362. The van der Waals surface area contributed by atoms with Crippen molar-refractivity contribution in [2.24, 2.45) is 17.8 Å². The standard InChI is InChI=1S/C13H20N2O3/c1-9(7-14)8-15(2)12(16)10-5-3-4-6-11(10)13(17)18/h9-11H,3-6,8H2,1-2H3,(H,17,18). The number of carbonyl (C=O) groups is 2. The van der Waals surface area contributed by atoms with Crippen molar-refractivity contribution in [3.05, 3.63) is 0 Å². The molecular formula is C13H20N2O3. The molecule has 3 atom stereocenters. The maximum Gasteiger partial charge on any atom is 0.307 e. The van der Waals surface area contributed by atoms with E-state index in [2.05, 4.69) is 6.07 Å². The van der Waals surface area contributed by atoms with Crippen molar-refractivity contribution in [3.63, 3.8) is 0 Å². The Morgan fingerprint density at radius 2 is 1.94 bits per heavy atom. The topological polar surface area (TPSA) is 81.4 Å². The molecule has 1 saturated carbocycles. The normalized spacial score (nSPS) is 24.9. The van der Waals surface area contributed by atoms with Crippen LogP contribution in [0.15, 0.2) is 0 Å². The van der Waals surface area contributed by atoms with Gasteiger partial charge in [-0.2, -0.15) is 5.26 Å². The summed E-state index contributed by atoms with van der Waals surface area (Å²) in [5.41, 5.74) is 0. The van der Waals surface area contributed by atoms with Crippen molar-refractivity contribution in [1.29, 1.82) is 5.26 Å². The van der Waals surface area contributed by atoms with E-state index in [1.807, 2.05) is 0 Å². The van der Waals surface area contributed by atoms with Crippen LogP contribution in [-0.2, 0) is 9.59 Å². The molecule has 0 aromatic rings. The quantitative estimate of drug-likeness (QED) is 0.822. The number of carbonyl (C=O) groups excluding carboxylic acids is 1. The van der Waals surface area contributed by atoms with Crippen molar-refractivity contribution < 1.29 is 14.7 Å². The third-order valence-electron chi connectivity index (χ3n) is 3.54. The number of carboxylic acids is 1. The third kappa shape index (κ3) is 3.46. The van der Waals surface area contributed by atoms with Crippen LogP contribution in [0.2, 0.25) is 0 Å². The van der Waals surface area contributed by atoms with Crippen LogP contribution < -0.4 is 0 Å². The smallest absolute Gasteiger partial charge is 0.307 e. The minimum absolute atomic E-state index is 0.135. The van der Waals surface area contributed by atoms with Gasteiger partial charge >= 0.3 is 5.97 Å². The molecule has 0 spiro atoms. The Labute approximate surface area is 107 Å². The molecule has 1 fully saturated rings. The lowest BCUT2D eigenvalue weighted by Crippen LogP contribution is -2.42. The predicted molar refractivity (Wildman–Crippen MR) is 65.5 cm³/mol. The van der Waals surface area contributed by atoms with Gasteiger partial charge in [-0.1, -0.05) is 12.8 Å². The molecule has 5 heteroatoms. The Balaban J connectivity index is 2.68. The molecule has 3 unspecified atom stereocenters. The van der Waals surface area contributed by atoms with Crippen LogP contribution in [0.3, 0.4) is 0 Å². The summed E-state index contributed by atoms with van der Waals surface area (Å²) >= 11 is 0. The summed E-state index contributed by atoms with van der Waals surface area (Å²) in [4.78, 5) is 24.9. The summed E-state index contributed by atoms with van der Waals surface area (Å²) in [7, 11) is 1.64. The average molecular weight is 252 g/mol. The molecule has 0 radical (unpaired) electrons. The molecule has 1 aliphatic carbocycles. The van der Waals surface area contributed by atoms with Gasteiger partial charge in [0, 0.05) is 13.6 Å². The van der Waals surface area contributed by atoms with Gasteiger partial charge in [-0.3, -0.25) is 9.59 Å². The predicted octanol–water partition coefficient (Wildman–Crippen LogP) is 1.50. The van der Waals surface area contributed by atoms with Crippen LogP contribution in [-0.4, -0.2) is 35.5 Å². The van der Waals surface area contributed by atoms with Gasteiger partial charge < -0.3 is 10.0 Å². The molecule has 0 bridgehead atoms. The molecule has 100 valence electrons. The third-order valence-corrected chi connectivity index (χ3v) is 3.54. The highest BCUT2D eigenvalue weighted by Crippen LogP contribution is 2.31. The Hall–Kier alpha value is -1.57. The molecule has 0 aliphatic heterocycles. The van der Waals surface area contributed by atoms with Crippen molar-refractivity contribution in [2.75, 3.05) is 13.6 Å². The number of rotatable bonds is 4. The van der Waals surface area contributed by atoms with E-state index in [0.29, 0.717) is 19.4 Å². The second-order valence-electron chi connectivity index (χ2n) is 5.08. The van der Waals surface area contributed by atoms with Gasteiger partial charge in [0.1, 0.15) is 0 Å². The van der Waals surface area contributed by atoms with Crippen molar-refractivity contribution in [2.45, 2.75) is 32.6 Å². The minimum Gasteiger partial charge on any atom is -0.481 e. The number of hydrogen-bond acceptors (Lipinski definition) is 3. The Kier molecular flexibility index (Phi) is 5.14. The van der Waals surface area contributed by atoms with Crippen LogP contribution in [0.1, 0.15) is 32.6 Å². The molecule has 0 heterocycles. The van der Waals surface area contributed by atoms with Crippen LogP contribution >= 0.6 is 0 Å². The highest BCUT2D eigenvalue weighted by Gasteiger charge is 2.37. The Morgan fingerprint density at radius 1 is 1.39 bits per heavy atom. The first-order valence-corrected chi connectivity index (χ1v) is 6.34. The van der Waals surface area contributed by atoms with Crippen molar-refractivity contribution >= 4 is 11.9 Å². The highest BCUT2D eigenvalue weighted by atomic mass is 16.4. The number of nitrogens with zero attached hydrogens (tertiary/aromatic N) is 2. The lowest BCUT2D eigenvalue weighted by atomic mass is 9.78. The van der Waals surface area contributed by atoms with Crippen LogP contribution in [0.5, 0.6) is 0 Å². The molecule has 18 heavy (non-hydrogen) atoms. The molecule has 1 N–H and O–H groups in total. The van der Waals surface area contributed by atoms with E-state index in [9.17, 15) is 9.59 Å². The maximum absolute atomic E-state index is 12.2. The molecule has 1 rings (SSSR count).